The molecule has 3 amide bonds. The fraction of sp³-hybridized carbons (Fsp3) is 0.226. The van der Waals surface area contributed by atoms with Gasteiger partial charge in [-0.1, -0.05) is 29.8 Å². The Balaban J connectivity index is 1.37. The molecule has 0 bridgehead atoms. The van der Waals surface area contributed by atoms with Crippen LogP contribution in [0.25, 0.3) is 0 Å². The largest absolute Gasteiger partial charge is 0.493 e. The van der Waals surface area contributed by atoms with Crippen LogP contribution in [-0.2, 0) is 20.9 Å². The smallest absolute Gasteiger partial charge is 0.337 e. The Kier molecular flexibility index (Phi) is 11.3. The van der Waals surface area contributed by atoms with Crippen molar-refractivity contribution in [2.24, 2.45) is 5.10 Å². The molecule has 1 heterocycles. The molecule has 0 spiro atoms. The van der Waals surface area contributed by atoms with Crippen molar-refractivity contribution in [2.75, 3.05) is 27.9 Å². The maximum absolute atomic E-state index is 12.5. The number of hydrogen-bond donors (Lipinski definition) is 3. The van der Waals surface area contributed by atoms with Gasteiger partial charge < -0.3 is 34.3 Å². The predicted molar refractivity (Wildman–Crippen MR) is 170 cm³/mol. The third kappa shape index (κ3) is 8.46. The molecule has 1 aliphatic heterocycles. The molecular weight excluding hydrogens is 672 g/mol. The molecule has 0 saturated carbocycles. The lowest BCUT2D eigenvalue weighted by Crippen LogP contribution is -2.45. The number of methoxy groups -OCH3 is 3. The van der Waals surface area contributed by atoms with Crippen molar-refractivity contribution in [1.29, 1.82) is 0 Å². The van der Waals surface area contributed by atoms with Crippen LogP contribution in [0.15, 0.2) is 75.4 Å². The molecule has 0 aromatic heterocycles. The van der Waals surface area contributed by atoms with Gasteiger partial charge >= 0.3 is 12.0 Å². The van der Waals surface area contributed by atoms with E-state index in [1.54, 1.807) is 49.4 Å². The normalized spacial score (nSPS) is 14.4. The minimum absolute atomic E-state index is 0.245. The summed E-state index contributed by atoms with van der Waals surface area (Å²) in [5, 5.41) is 9.92. The highest BCUT2D eigenvalue weighted by atomic mass is 79.9. The number of carbonyl (C=O) groups is 3. The van der Waals surface area contributed by atoms with Crippen molar-refractivity contribution in [3.05, 3.63) is 92.1 Å². The summed E-state index contributed by atoms with van der Waals surface area (Å²) in [6.07, 6.45) is 1.45. The zero-order valence-corrected chi connectivity index (χ0v) is 27.1. The van der Waals surface area contributed by atoms with E-state index in [0.717, 1.165) is 5.56 Å². The molecule has 0 aliphatic carbocycles. The Hall–Kier alpha value is -4.75. The number of benzene rings is 3. The zero-order chi connectivity index (χ0) is 32.5. The average Bonchev–Trinajstić information content (AvgIpc) is 3.03. The van der Waals surface area contributed by atoms with Gasteiger partial charge in [0, 0.05) is 10.7 Å². The summed E-state index contributed by atoms with van der Waals surface area (Å²) < 4.78 is 28.0. The van der Waals surface area contributed by atoms with Crippen LogP contribution in [-0.4, -0.2) is 52.1 Å². The van der Waals surface area contributed by atoms with E-state index >= 15 is 0 Å². The van der Waals surface area contributed by atoms with Crippen LogP contribution >= 0.6 is 27.5 Å². The van der Waals surface area contributed by atoms with Crippen molar-refractivity contribution < 1.29 is 38.1 Å². The SMILES string of the molecule is COC(=O)C1=C(C)NC(=O)N[C@@H]1c1ccc(OCC(=O)N/N=C\c2cc(Br)c(OCc3ccc(Cl)cc3)c(OC)c2)c(OC)c1. The summed E-state index contributed by atoms with van der Waals surface area (Å²) in [5.74, 6) is 0.419. The number of carbonyl (C=O) groups excluding carboxylic acids is 3. The van der Waals surface area contributed by atoms with E-state index in [2.05, 4.69) is 37.1 Å². The van der Waals surface area contributed by atoms with Crippen LogP contribution < -0.4 is 35.0 Å². The van der Waals surface area contributed by atoms with E-state index in [-0.39, 0.29) is 23.7 Å². The zero-order valence-electron chi connectivity index (χ0n) is 24.7. The van der Waals surface area contributed by atoms with Crippen LogP contribution in [0.5, 0.6) is 23.0 Å². The third-order valence-corrected chi connectivity index (χ3v) is 7.35. The highest BCUT2D eigenvalue weighted by molar-refractivity contribution is 9.10. The van der Waals surface area contributed by atoms with Crippen LogP contribution in [0.3, 0.4) is 0 Å². The van der Waals surface area contributed by atoms with Crippen molar-refractivity contribution in [1.82, 2.24) is 16.1 Å². The van der Waals surface area contributed by atoms with Gasteiger partial charge in [-0.2, -0.15) is 5.10 Å². The quantitative estimate of drug-likeness (QED) is 0.136. The number of rotatable bonds is 12. The number of nitrogens with one attached hydrogen (secondary N) is 3. The van der Waals surface area contributed by atoms with Gasteiger partial charge in [0.1, 0.15) is 6.61 Å². The lowest BCUT2D eigenvalue weighted by molar-refractivity contribution is -0.136. The van der Waals surface area contributed by atoms with Gasteiger partial charge in [0.05, 0.1) is 43.6 Å². The molecule has 3 N–H and O–H groups in total. The highest BCUT2D eigenvalue weighted by Gasteiger charge is 2.32. The lowest BCUT2D eigenvalue weighted by Gasteiger charge is -2.28. The van der Waals surface area contributed by atoms with E-state index in [0.29, 0.717) is 44.4 Å². The van der Waals surface area contributed by atoms with E-state index in [1.807, 2.05) is 12.1 Å². The van der Waals surface area contributed by atoms with Crippen molar-refractivity contribution in [3.63, 3.8) is 0 Å². The number of ether oxygens (including phenoxy) is 5. The van der Waals surface area contributed by atoms with Gasteiger partial charge in [-0.25, -0.2) is 15.0 Å². The molecule has 0 fully saturated rings. The molecule has 236 valence electrons. The third-order valence-electron chi connectivity index (χ3n) is 6.51. The molecule has 14 heteroatoms. The molecule has 1 aliphatic rings. The maximum atomic E-state index is 12.5. The summed E-state index contributed by atoms with van der Waals surface area (Å²) in [6.45, 7) is 1.55. The number of halogens is 2. The van der Waals surface area contributed by atoms with Gasteiger partial charge in [0.2, 0.25) is 0 Å². The summed E-state index contributed by atoms with van der Waals surface area (Å²) in [5.41, 5.74) is 5.15. The number of esters is 1. The van der Waals surface area contributed by atoms with Gasteiger partial charge in [-0.05, 0) is 75.9 Å². The topological polar surface area (TPSA) is 146 Å². The Morgan fingerprint density at radius 2 is 1.73 bits per heavy atom. The molecule has 45 heavy (non-hydrogen) atoms. The highest BCUT2D eigenvalue weighted by Crippen LogP contribution is 2.37. The fourth-order valence-electron chi connectivity index (χ4n) is 4.35. The molecular formula is C31H30BrClN4O8. The van der Waals surface area contributed by atoms with Crippen LogP contribution in [0, 0.1) is 0 Å². The molecule has 4 rings (SSSR count). The standard InChI is InChI=1S/C31H30BrClN4O8/c1-17-27(30(39)43-4)28(36-31(40)35-17)20-7-10-23(24(13-20)41-2)44-16-26(38)37-34-14-19-11-22(32)29(25(12-19)42-3)45-15-18-5-8-21(33)9-6-18/h5-14,28H,15-16H2,1-4H3,(H,37,38)(H2,35,36,40)/b34-14-/t28-/m1/s1. The first-order valence-corrected chi connectivity index (χ1v) is 14.5. The molecule has 0 unspecified atom stereocenters. The van der Waals surface area contributed by atoms with E-state index in [1.165, 1.54) is 27.5 Å². The molecule has 12 nitrogen and oxygen atoms in total. The second-order valence-corrected chi connectivity index (χ2v) is 10.8. The van der Waals surface area contributed by atoms with E-state index < -0.39 is 23.9 Å². The number of urea groups is 1. The van der Waals surface area contributed by atoms with E-state index in [9.17, 15) is 14.4 Å². The number of hydrazone groups is 1. The Morgan fingerprint density at radius 1 is 1.00 bits per heavy atom. The summed E-state index contributed by atoms with van der Waals surface area (Å²) >= 11 is 9.45. The van der Waals surface area contributed by atoms with Crippen molar-refractivity contribution in [3.8, 4) is 23.0 Å². The van der Waals surface area contributed by atoms with Gasteiger partial charge in [-0.3, -0.25) is 4.79 Å². The molecule has 1 atom stereocenters. The number of amides is 3. The Bertz CT molecular complexity index is 1650. The fourth-order valence-corrected chi connectivity index (χ4v) is 5.05. The number of nitrogens with zero attached hydrogens (tertiary/aromatic N) is 1. The van der Waals surface area contributed by atoms with E-state index in [4.69, 9.17) is 35.3 Å². The Morgan fingerprint density at radius 3 is 2.42 bits per heavy atom. The van der Waals surface area contributed by atoms with Crippen LogP contribution in [0.1, 0.15) is 29.7 Å². The number of allylic oxidation sites excluding steroid dienone is 1. The first-order valence-electron chi connectivity index (χ1n) is 13.4. The minimum atomic E-state index is -0.783. The van der Waals surface area contributed by atoms with Crippen molar-refractivity contribution >= 4 is 51.7 Å². The summed E-state index contributed by atoms with van der Waals surface area (Å²) in [7, 11) is 4.21. The molecule has 3 aromatic rings. The first-order chi connectivity index (χ1) is 21.6. The number of hydrogen-bond acceptors (Lipinski definition) is 9. The van der Waals surface area contributed by atoms with Gasteiger partial charge in [0.25, 0.3) is 5.91 Å². The van der Waals surface area contributed by atoms with Crippen LogP contribution in [0.4, 0.5) is 4.79 Å². The first kappa shape index (κ1) is 33.1. The summed E-state index contributed by atoms with van der Waals surface area (Å²) in [4.78, 5) is 37.0. The molecule has 0 saturated heterocycles. The second-order valence-electron chi connectivity index (χ2n) is 9.50. The van der Waals surface area contributed by atoms with Gasteiger partial charge in [0.15, 0.2) is 29.6 Å². The Labute approximate surface area is 272 Å². The predicted octanol–water partition coefficient (Wildman–Crippen LogP) is 5.03. The average molecular weight is 702 g/mol. The van der Waals surface area contributed by atoms with Crippen LogP contribution in [0.2, 0.25) is 5.02 Å². The molecule has 3 aromatic carbocycles. The second kappa shape index (κ2) is 15.3. The minimum Gasteiger partial charge on any atom is -0.493 e. The lowest BCUT2D eigenvalue weighted by atomic mass is 9.95. The summed E-state index contributed by atoms with van der Waals surface area (Å²) in [6, 6.07) is 14.4. The monoisotopic (exact) mass is 700 g/mol. The molecule has 0 radical (unpaired) electrons. The van der Waals surface area contributed by atoms with Gasteiger partial charge in [-0.15, -0.1) is 0 Å². The maximum Gasteiger partial charge on any atom is 0.337 e. The van der Waals surface area contributed by atoms with Crippen molar-refractivity contribution in [2.45, 2.75) is 19.6 Å².